The first kappa shape index (κ1) is 10.2. The van der Waals surface area contributed by atoms with Gasteiger partial charge in [0.05, 0.1) is 5.52 Å². The third-order valence-corrected chi connectivity index (χ3v) is 3.38. The third kappa shape index (κ3) is 1.40. The molecule has 2 heterocycles. The molecule has 0 atom stereocenters. The number of nitrogens with zero attached hydrogens (tertiary/aromatic N) is 1. The molecular weight excluding hydrogens is 216 g/mol. The molecule has 0 spiro atoms. The number of aromatic nitrogens is 1. The lowest BCUT2D eigenvalue weighted by molar-refractivity contribution is -0.120. The molecule has 2 aromatic rings. The standard InChI is InChI=1S/C13H14N2O2/c1-8-5-10-9-3-4-15(2)11(9)6-12(17-7-16)13(10)14-8/h5-7,14H,3-4H2,1-2H3. The monoisotopic (exact) mass is 230 g/mol. The van der Waals surface area contributed by atoms with Gasteiger partial charge in [0.25, 0.3) is 6.47 Å². The largest absolute Gasteiger partial charge is 0.426 e. The quantitative estimate of drug-likeness (QED) is 0.803. The minimum atomic E-state index is 0.478. The smallest absolute Gasteiger partial charge is 0.298 e. The highest BCUT2D eigenvalue weighted by atomic mass is 16.5. The molecule has 0 amide bonds. The summed E-state index contributed by atoms with van der Waals surface area (Å²) in [6.45, 7) is 3.50. The number of anilines is 1. The van der Waals surface area contributed by atoms with E-state index in [1.165, 1.54) is 10.9 Å². The fourth-order valence-corrected chi connectivity index (χ4v) is 2.59. The van der Waals surface area contributed by atoms with Crippen LogP contribution in [0.1, 0.15) is 11.3 Å². The minimum absolute atomic E-state index is 0.478. The van der Waals surface area contributed by atoms with Crippen molar-refractivity contribution in [1.82, 2.24) is 4.98 Å². The van der Waals surface area contributed by atoms with E-state index >= 15 is 0 Å². The molecule has 3 rings (SSSR count). The topological polar surface area (TPSA) is 45.3 Å². The van der Waals surface area contributed by atoms with E-state index < -0.39 is 0 Å². The lowest BCUT2D eigenvalue weighted by Crippen LogP contribution is -2.12. The molecule has 1 aromatic carbocycles. The fourth-order valence-electron chi connectivity index (χ4n) is 2.59. The molecule has 0 bridgehead atoms. The molecule has 1 N–H and O–H groups in total. The van der Waals surface area contributed by atoms with E-state index in [2.05, 4.69) is 23.0 Å². The number of aryl methyl sites for hydroxylation is 1. The van der Waals surface area contributed by atoms with Crippen molar-refractivity contribution in [3.05, 3.63) is 23.4 Å². The summed E-state index contributed by atoms with van der Waals surface area (Å²) >= 11 is 0. The normalized spacial score (nSPS) is 14.1. The molecule has 0 saturated heterocycles. The number of likely N-dealkylation sites (N-methyl/N-ethyl adjacent to an activating group) is 1. The van der Waals surface area contributed by atoms with Crippen LogP contribution >= 0.6 is 0 Å². The summed E-state index contributed by atoms with van der Waals surface area (Å²) in [6, 6.07) is 4.06. The van der Waals surface area contributed by atoms with Gasteiger partial charge in [0.15, 0.2) is 5.75 Å². The summed E-state index contributed by atoms with van der Waals surface area (Å²) in [4.78, 5) is 16.0. The second kappa shape index (κ2) is 3.52. The van der Waals surface area contributed by atoms with E-state index in [4.69, 9.17) is 4.74 Å². The Balaban J connectivity index is 2.34. The van der Waals surface area contributed by atoms with Crippen molar-refractivity contribution < 1.29 is 9.53 Å². The first-order valence-corrected chi connectivity index (χ1v) is 5.67. The van der Waals surface area contributed by atoms with Crippen LogP contribution in [0.5, 0.6) is 5.75 Å². The van der Waals surface area contributed by atoms with Crippen LogP contribution in [-0.4, -0.2) is 25.0 Å². The highest BCUT2D eigenvalue weighted by Gasteiger charge is 2.22. The molecule has 1 aliphatic rings. The van der Waals surface area contributed by atoms with Crippen LogP contribution in [-0.2, 0) is 11.2 Å². The second-order valence-corrected chi connectivity index (χ2v) is 4.50. The SMILES string of the molecule is Cc1cc2c3c(cc(OC=O)c2[nH]1)N(C)CC3. The summed E-state index contributed by atoms with van der Waals surface area (Å²) in [7, 11) is 2.06. The molecule has 0 fully saturated rings. The molecular formula is C13H14N2O2. The molecule has 1 aromatic heterocycles. The highest BCUT2D eigenvalue weighted by molar-refractivity contribution is 5.95. The number of nitrogens with one attached hydrogen (secondary N) is 1. The van der Waals surface area contributed by atoms with Gasteiger partial charge in [-0.3, -0.25) is 4.79 Å². The number of hydrogen-bond donors (Lipinski definition) is 1. The van der Waals surface area contributed by atoms with Crippen LogP contribution in [0.3, 0.4) is 0 Å². The van der Waals surface area contributed by atoms with Crippen molar-refractivity contribution in [3.8, 4) is 5.75 Å². The Morgan fingerprint density at radius 2 is 2.29 bits per heavy atom. The molecule has 17 heavy (non-hydrogen) atoms. The van der Waals surface area contributed by atoms with Crippen LogP contribution in [0.4, 0.5) is 5.69 Å². The zero-order valence-electron chi connectivity index (χ0n) is 9.91. The number of aromatic amines is 1. The Bertz CT molecular complexity index is 601. The molecule has 0 unspecified atom stereocenters. The number of ether oxygens (including phenoxy) is 1. The predicted octanol–water partition coefficient (Wildman–Crippen LogP) is 2.00. The zero-order valence-corrected chi connectivity index (χ0v) is 9.91. The number of rotatable bonds is 2. The Labute approximate surface area is 99.2 Å². The number of carbonyl (C=O) groups excluding carboxylic acids is 1. The lowest BCUT2D eigenvalue weighted by Gasteiger charge is -2.13. The van der Waals surface area contributed by atoms with Gasteiger partial charge >= 0.3 is 0 Å². The Hall–Kier alpha value is -1.97. The van der Waals surface area contributed by atoms with Crippen LogP contribution < -0.4 is 9.64 Å². The lowest BCUT2D eigenvalue weighted by atomic mass is 10.1. The Kier molecular flexibility index (Phi) is 2.11. The maximum Gasteiger partial charge on any atom is 0.298 e. The van der Waals surface area contributed by atoms with Gasteiger partial charge in [-0.05, 0) is 25.0 Å². The third-order valence-electron chi connectivity index (χ3n) is 3.38. The van der Waals surface area contributed by atoms with Crippen LogP contribution in [0, 0.1) is 6.92 Å². The summed E-state index contributed by atoms with van der Waals surface area (Å²) in [5.41, 5.74) is 4.50. The van der Waals surface area contributed by atoms with Gasteiger partial charge < -0.3 is 14.6 Å². The van der Waals surface area contributed by atoms with Crippen molar-refractivity contribution in [2.24, 2.45) is 0 Å². The fraction of sp³-hybridized carbons (Fsp3) is 0.308. The summed E-state index contributed by atoms with van der Waals surface area (Å²) in [5.74, 6) is 0.607. The van der Waals surface area contributed by atoms with Crippen LogP contribution in [0.15, 0.2) is 12.1 Å². The van der Waals surface area contributed by atoms with E-state index in [1.54, 1.807) is 0 Å². The minimum Gasteiger partial charge on any atom is -0.426 e. The first-order valence-electron chi connectivity index (χ1n) is 5.67. The van der Waals surface area contributed by atoms with Crippen molar-refractivity contribution >= 4 is 23.1 Å². The maximum atomic E-state index is 10.6. The molecule has 0 saturated carbocycles. The second-order valence-electron chi connectivity index (χ2n) is 4.50. The first-order chi connectivity index (χ1) is 8.20. The van der Waals surface area contributed by atoms with E-state index in [-0.39, 0.29) is 0 Å². The zero-order chi connectivity index (χ0) is 12.0. The highest BCUT2D eigenvalue weighted by Crippen LogP contribution is 2.39. The van der Waals surface area contributed by atoms with Gasteiger partial charge in [0.2, 0.25) is 0 Å². The van der Waals surface area contributed by atoms with Crippen molar-refractivity contribution in [2.75, 3.05) is 18.5 Å². The number of hydrogen-bond acceptors (Lipinski definition) is 3. The average molecular weight is 230 g/mol. The van der Waals surface area contributed by atoms with Gasteiger partial charge in [0.1, 0.15) is 0 Å². The van der Waals surface area contributed by atoms with Gasteiger partial charge in [-0.15, -0.1) is 0 Å². The van der Waals surface area contributed by atoms with Gasteiger partial charge in [-0.1, -0.05) is 0 Å². The van der Waals surface area contributed by atoms with Crippen LogP contribution in [0.2, 0.25) is 0 Å². The van der Waals surface area contributed by atoms with Gasteiger partial charge in [-0.2, -0.15) is 0 Å². The van der Waals surface area contributed by atoms with Crippen molar-refractivity contribution in [1.29, 1.82) is 0 Å². The van der Waals surface area contributed by atoms with Crippen molar-refractivity contribution in [2.45, 2.75) is 13.3 Å². The summed E-state index contributed by atoms with van der Waals surface area (Å²) < 4.78 is 5.07. The van der Waals surface area contributed by atoms with E-state index in [9.17, 15) is 4.79 Å². The van der Waals surface area contributed by atoms with Crippen molar-refractivity contribution in [3.63, 3.8) is 0 Å². The van der Waals surface area contributed by atoms with Gasteiger partial charge in [0, 0.05) is 36.4 Å². The molecule has 4 heteroatoms. The number of H-pyrrole nitrogens is 1. The molecule has 0 radical (unpaired) electrons. The molecule has 88 valence electrons. The van der Waals surface area contributed by atoms with E-state index in [0.717, 1.165) is 29.9 Å². The Morgan fingerprint density at radius 1 is 1.47 bits per heavy atom. The maximum absolute atomic E-state index is 10.6. The summed E-state index contributed by atoms with van der Waals surface area (Å²) in [6.07, 6.45) is 1.04. The summed E-state index contributed by atoms with van der Waals surface area (Å²) in [5, 5.41) is 1.17. The van der Waals surface area contributed by atoms with E-state index in [1.807, 2.05) is 13.0 Å². The molecule has 4 nitrogen and oxygen atoms in total. The van der Waals surface area contributed by atoms with Crippen LogP contribution in [0.25, 0.3) is 10.9 Å². The molecule has 0 aliphatic carbocycles. The number of benzene rings is 1. The molecule has 1 aliphatic heterocycles. The number of carbonyl (C=O) groups is 1. The van der Waals surface area contributed by atoms with E-state index in [0.29, 0.717) is 12.2 Å². The Morgan fingerprint density at radius 3 is 3.06 bits per heavy atom. The predicted molar refractivity (Wildman–Crippen MR) is 66.7 cm³/mol. The average Bonchev–Trinajstić information content (AvgIpc) is 2.83. The van der Waals surface area contributed by atoms with Gasteiger partial charge in [-0.25, -0.2) is 0 Å². The number of fused-ring (bicyclic) bond motifs is 3.